The molecule has 0 spiro atoms. The van der Waals surface area contributed by atoms with Crippen LogP contribution in [0, 0.1) is 6.42 Å². The van der Waals surface area contributed by atoms with Gasteiger partial charge in [0.1, 0.15) is 0 Å². The molecule has 13 heavy (non-hydrogen) atoms. The summed E-state index contributed by atoms with van der Waals surface area (Å²) in [7, 11) is 0. The minimum atomic E-state index is -0.944. The summed E-state index contributed by atoms with van der Waals surface area (Å²) < 4.78 is 4.63. The predicted molar refractivity (Wildman–Crippen MR) is 46.9 cm³/mol. The van der Waals surface area contributed by atoms with Crippen LogP contribution in [-0.4, -0.2) is 23.7 Å². The van der Waals surface area contributed by atoms with Gasteiger partial charge in [-0.05, 0) is 19.3 Å². The number of hydrogen-bond acceptors (Lipinski definition) is 3. The fourth-order valence-electron chi connectivity index (χ4n) is 0.658. The summed E-state index contributed by atoms with van der Waals surface area (Å²) >= 11 is 0. The van der Waals surface area contributed by atoms with Crippen molar-refractivity contribution in [3.05, 3.63) is 18.6 Å². The number of hydrogen-bond donors (Lipinski definition) is 1. The molecule has 1 radical (unpaired) electrons. The van der Waals surface area contributed by atoms with Crippen molar-refractivity contribution in [2.45, 2.75) is 19.8 Å². The highest BCUT2D eigenvalue weighted by atomic mass is 16.5. The number of rotatable bonds is 6. The summed E-state index contributed by atoms with van der Waals surface area (Å²) in [4.78, 5) is 20.3. The van der Waals surface area contributed by atoms with Gasteiger partial charge in [0, 0.05) is 13.0 Å². The summed E-state index contributed by atoms with van der Waals surface area (Å²) in [5, 5.41) is 8.22. The Balaban J connectivity index is 3.17. The first-order chi connectivity index (χ1) is 6.13. The molecule has 1 N–H and O–H groups in total. The van der Waals surface area contributed by atoms with Crippen molar-refractivity contribution in [3.8, 4) is 0 Å². The zero-order valence-corrected chi connectivity index (χ0v) is 7.53. The molecule has 0 aromatic carbocycles. The highest BCUT2D eigenvalue weighted by Crippen LogP contribution is 1.96. The lowest BCUT2D eigenvalue weighted by atomic mass is 10.2. The van der Waals surface area contributed by atoms with E-state index >= 15 is 0 Å². The van der Waals surface area contributed by atoms with Crippen LogP contribution in [0.1, 0.15) is 19.8 Å². The number of aliphatic carboxylic acids is 1. The maximum absolute atomic E-state index is 10.3. The van der Waals surface area contributed by atoms with Crippen LogP contribution in [0.4, 0.5) is 0 Å². The van der Waals surface area contributed by atoms with E-state index in [9.17, 15) is 9.59 Å². The van der Waals surface area contributed by atoms with Gasteiger partial charge in [-0.2, -0.15) is 0 Å². The van der Waals surface area contributed by atoms with Crippen LogP contribution in [0.25, 0.3) is 0 Å². The largest absolute Gasteiger partial charge is 0.478 e. The molecule has 0 bridgehead atoms. The molecule has 0 aliphatic carbocycles. The summed E-state index contributed by atoms with van der Waals surface area (Å²) in [6.45, 7) is 1.63. The third-order valence-corrected chi connectivity index (χ3v) is 1.20. The maximum Gasteiger partial charge on any atom is 0.327 e. The summed E-state index contributed by atoms with van der Waals surface area (Å²) in [6, 6.07) is 0. The second-order valence-corrected chi connectivity index (χ2v) is 2.41. The van der Waals surface area contributed by atoms with Crippen molar-refractivity contribution in [3.63, 3.8) is 0 Å². The fourth-order valence-corrected chi connectivity index (χ4v) is 0.658. The first kappa shape index (κ1) is 11.7. The van der Waals surface area contributed by atoms with Crippen LogP contribution in [-0.2, 0) is 14.3 Å². The Morgan fingerprint density at radius 2 is 2.08 bits per heavy atom. The molecule has 0 fully saturated rings. The Labute approximate surface area is 77.2 Å². The summed E-state index contributed by atoms with van der Waals surface area (Å²) in [5.41, 5.74) is 0. The van der Waals surface area contributed by atoms with E-state index in [1.807, 2.05) is 0 Å². The van der Waals surface area contributed by atoms with Gasteiger partial charge >= 0.3 is 11.9 Å². The topological polar surface area (TPSA) is 63.6 Å². The molecule has 4 heteroatoms. The Morgan fingerprint density at radius 1 is 1.38 bits per heavy atom. The smallest absolute Gasteiger partial charge is 0.327 e. The normalized spacial score (nSPS) is 10.2. The van der Waals surface area contributed by atoms with Gasteiger partial charge in [-0.3, -0.25) is 4.79 Å². The SMILES string of the molecule is CC(=O)OC[CH]CC/C=C/C(=O)O. The standard InChI is InChI=1S/C9H13O4/c1-8(10)13-7-5-3-2-4-6-9(11)12/h4-6H,2-3,7H2,1H3,(H,11,12)/b6-4+. The van der Waals surface area contributed by atoms with E-state index in [0.29, 0.717) is 12.8 Å². The number of allylic oxidation sites excluding steroid dienone is 1. The Kier molecular flexibility index (Phi) is 6.59. The molecule has 0 aliphatic rings. The van der Waals surface area contributed by atoms with E-state index in [0.717, 1.165) is 6.08 Å². The van der Waals surface area contributed by atoms with Gasteiger partial charge in [0.15, 0.2) is 0 Å². The molecule has 0 aliphatic heterocycles. The van der Waals surface area contributed by atoms with E-state index in [-0.39, 0.29) is 12.6 Å². The quantitative estimate of drug-likeness (QED) is 0.383. The van der Waals surface area contributed by atoms with Crippen molar-refractivity contribution in [1.29, 1.82) is 0 Å². The summed E-state index contributed by atoms with van der Waals surface area (Å²) in [6.07, 6.45) is 5.80. The maximum atomic E-state index is 10.3. The molecule has 0 rings (SSSR count). The number of ether oxygens (including phenoxy) is 1. The zero-order valence-electron chi connectivity index (χ0n) is 7.53. The van der Waals surface area contributed by atoms with Gasteiger partial charge in [0.05, 0.1) is 6.61 Å². The minimum Gasteiger partial charge on any atom is -0.478 e. The molecule has 0 unspecified atom stereocenters. The first-order valence-electron chi connectivity index (χ1n) is 3.97. The highest BCUT2D eigenvalue weighted by Gasteiger charge is 1.92. The molecule has 73 valence electrons. The lowest BCUT2D eigenvalue weighted by Crippen LogP contribution is -2.00. The fraction of sp³-hybridized carbons (Fsp3) is 0.444. The number of carbonyl (C=O) groups is 2. The monoisotopic (exact) mass is 185 g/mol. The summed E-state index contributed by atoms with van der Waals surface area (Å²) in [5.74, 6) is -1.25. The van der Waals surface area contributed by atoms with Crippen molar-refractivity contribution in [2.24, 2.45) is 0 Å². The van der Waals surface area contributed by atoms with Crippen LogP contribution >= 0.6 is 0 Å². The Morgan fingerprint density at radius 3 is 2.62 bits per heavy atom. The second-order valence-electron chi connectivity index (χ2n) is 2.41. The number of carboxylic acids is 1. The molecule has 4 nitrogen and oxygen atoms in total. The van der Waals surface area contributed by atoms with Crippen molar-refractivity contribution >= 4 is 11.9 Å². The van der Waals surface area contributed by atoms with Gasteiger partial charge in [-0.25, -0.2) is 4.79 Å². The van der Waals surface area contributed by atoms with Crippen molar-refractivity contribution in [1.82, 2.24) is 0 Å². The number of unbranched alkanes of at least 4 members (excludes halogenated alkanes) is 2. The Hall–Kier alpha value is -1.32. The lowest BCUT2D eigenvalue weighted by Gasteiger charge is -1.98. The van der Waals surface area contributed by atoms with E-state index in [4.69, 9.17) is 5.11 Å². The molecule has 0 atom stereocenters. The molecular weight excluding hydrogens is 172 g/mol. The molecular formula is C9H13O4. The lowest BCUT2D eigenvalue weighted by molar-refractivity contribution is -0.140. The third kappa shape index (κ3) is 10.7. The van der Waals surface area contributed by atoms with E-state index in [1.165, 1.54) is 6.92 Å². The van der Waals surface area contributed by atoms with Crippen molar-refractivity contribution in [2.75, 3.05) is 6.61 Å². The molecule has 0 heterocycles. The van der Waals surface area contributed by atoms with E-state index in [1.54, 1.807) is 12.5 Å². The average molecular weight is 185 g/mol. The highest BCUT2D eigenvalue weighted by molar-refractivity contribution is 5.79. The van der Waals surface area contributed by atoms with Crippen LogP contribution < -0.4 is 0 Å². The van der Waals surface area contributed by atoms with E-state index in [2.05, 4.69) is 4.74 Å². The second kappa shape index (κ2) is 7.34. The first-order valence-corrected chi connectivity index (χ1v) is 3.97. The van der Waals surface area contributed by atoms with Crippen LogP contribution in [0.15, 0.2) is 12.2 Å². The number of carbonyl (C=O) groups excluding carboxylic acids is 1. The van der Waals surface area contributed by atoms with Crippen LogP contribution in [0.2, 0.25) is 0 Å². The molecule has 0 aromatic heterocycles. The molecule has 0 saturated heterocycles. The van der Waals surface area contributed by atoms with Gasteiger partial charge in [0.2, 0.25) is 0 Å². The van der Waals surface area contributed by atoms with E-state index < -0.39 is 5.97 Å². The number of esters is 1. The average Bonchev–Trinajstić information content (AvgIpc) is 2.01. The van der Waals surface area contributed by atoms with Gasteiger partial charge in [0.25, 0.3) is 0 Å². The van der Waals surface area contributed by atoms with Gasteiger partial charge in [-0.15, -0.1) is 0 Å². The molecule has 0 aromatic rings. The third-order valence-electron chi connectivity index (χ3n) is 1.20. The zero-order chi connectivity index (χ0) is 10.1. The molecule has 0 saturated carbocycles. The van der Waals surface area contributed by atoms with Gasteiger partial charge in [-0.1, -0.05) is 6.08 Å². The Bertz CT molecular complexity index is 196. The minimum absolute atomic E-state index is 0.288. The predicted octanol–water partition coefficient (Wildman–Crippen LogP) is 1.17. The van der Waals surface area contributed by atoms with Crippen LogP contribution in [0.3, 0.4) is 0 Å². The van der Waals surface area contributed by atoms with Gasteiger partial charge < -0.3 is 9.84 Å². The van der Waals surface area contributed by atoms with Crippen molar-refractivity contribution < 1.29 is 19.4 Å². The molecule has 0 amide bonds. The number of carboxylic acid groups (broad SMARTS) is 1. The van der Waals surface area contributed by atoms with Crippen LogP contribution in [0.5, 0.6) is 0 Å².